The fraction of sp³-hybridized carbons (Fsp3) is 0.0952. The third-order valence-electron chi connectivity index (χ3n) is 4.73. The van der Waals surface area contributed by atoms with Crippen LogP contribution in [0.4, 0.5) is 11.5 Å². The molecule has 5 rings (SSSR count). The zero-order valence-corrected chi connectivity index (χ0v) is 16.5. The van der Waals surface area contributed by atoms with Crippen LogP contribution < -0.4 is 10.6 Å². The van der Waals surface area contributed by atoms with Crippen molar-refractivity contribution in [1.29, 1.82) is 0 Å². The number of aromatic nitrogens is 7. The van der Waals surface area contributed by atoms with Crippen LogP contribution in [-0.2, 0) is 6.54 Å². The molecule has 10 nitrogen and oxygen atoms in total. The summed E-state index contributed by atoms with van der Waals surface area (Å²) in [6, 6.07) is 11.7. The van der Waals surface area contributed by atoms with E-state index in [0.717, 1.165) is 16.5 Å². The Labute approximate surface area is 176 Å². The Balaban J connectivity index is 1.43. The molecule has 5 aromatic rings. The molecule has 10 heteroatoms. The first-order valence-electron chi connectivity index (χ1n) is 9.54. The number of nitrogens with zero attached hydrogens (tertiary/aromatic N) is 7. The fourth-order valence-corrected chi connectivity index (χ4v) is 3.23. The molecule has 0 aliphatic rings. The fourth-order valence-electron chi connectivity index (χ4n) is 3.23. The molecule has 0 saturated heterocycles. The summed E-state index contributed by atoms with van der Waals surface area (Å²) in [6.45, 7) is 0.481. The molecule has 0 saturated carbocycles. The van der Waals surface area contributed by atoms with Crippen molar-refractivity contribution in [1.82, 2.24) is 40.2 Å². The summed E-state index contributed by atoms with van der Waals surface area (Å²) in [5, 5.41) is 15.1. The van der Waals surface area contributed by atoms with E-state index in [-0.39, 0.29) is 5.91 Å². The van der Waals surface area contributed by atoms with Gasteiger partial charge in [0.2, 0.25) is 5.65 Å². The normalized spacial score (nSPS) is 11.0. The first-order valence-corrected chi connectivity index (χ1v) is 9.54. The Kier molecular flexibility index (Phi) is 4.64. The molecule has 152 valence electrons. The molecule has 4 aromatic heterocycles. The highest BCUT2D eigenvalue weighted by atomic mass is 16.1. The van der Waals surface area contributed by atoms with E-state index in [1.165, 1.54) is 6.20 Å². The highest BCUT2D eigenvalue weighted by Gasteiger charge is 2.11. The lowest BCUT2D eigenvalue weighted by atomic mass is 10.1. The van der Waals surface area contributed by atoms with Gasteiger partial charge in [-0.05, 0) is 23.8 Å². The number of benzene rings is 1. The molecule has 0 unspecified atom stereocenters. The van der Waals surface area contributed by atoms with Crippen molar-refractivity contribution in [3.63, 3.8) is 0 Å². The van der Waals surface area contributed by atoms with Gasteiger partial charge in [0, 0.05) is 24.8 Å². The SMILES string of the molecule is CNC(=O)c1cncc(Nc2cnc3nnn(Cc4ccc5cccnc5c4)c3n2)c1. The second kappa shape index (κ2) is 7.75. The Morgan fingerprint density at radius 3 is 2.94 bits per heavy atom. The van der Waals surface area contributed by atoms with Crippen molar-refractivity contribution in [2.45, 2.75) is 6.54 Å². The molecule has 2 N–H and O–H groups in total. The second-order valence-corrected chi connectivity index (χ2v) is 6.85. The molecule has 0 spiro atoms. The van der Waals surface area contributed by atoms with E-state index in [0.29, 0.717) is 34.9 Å². The molecule has 1 aromatic carbocycles. The zero-order valence-electron chi connectivity index (χ0n) is 16.5. The van der Waals surface area contributed by atoms with Gasteiger partial charge < -0.3 is 10.6 Å². The molecule has 0 bridgehead atoms. The number of rotatable bonds is 5. The molecule has 0 radical (unpaired) electrons. The predicted molar refractivity (Wildman–Crippen MR) is 115 cm³/mol. The van der Waals surface area contributed by atoms with Crippen LogP contribution in [0.3, 0.4) is 0 Å². The first-order chi connectivity index (χ1) is 15.2. The van der Waals surface area contributed by atoms with Gasteiger partial charge in [0.15, 0.2) is 11.5 Å². The summed E-state index contributed by atoms with van der Waals surface area (Å²) in [6.07, 6.45) is 6.44. The van der Waals surface area contributed by atoms with E-state index in [1.807, 2.05) is 30.3 Å². The van der Waals surface area contributed by atoms with Gasteiger partial charge in [-0.25, -0.2) is 14.6 Å². The van der Waals surface area contributed by atoms with Gasteiger partial charge in [-0.2, -0.15) is 0 Å². The van der Waals surface area contributed by atoms with E-state index in [2.05, 4.69) is 40.9 Å². The van der Waals surface area contributed by atoms with Crippen LogP contribution >= 0.6 is 0 Å². The van der Waals surface area contributed by atoms with E-state index in [1.54, 1.807) is 36.4 Å². The Morgan fingerprint density at radius 2 is 2.03 bits per heavy atom. The Bertz CT molecular complexity index is 1410. The van der Waals surface area contributed by atoms with Crippen LogP contribution in [0, 0.1) is 0 Å². The van der Waals surface area contributed by atoms with Crippen LogP contribution in [0.5, 0.6) is 0 Å². The average molecular weight is 411 g/mol. The van der Waals surface area contributed by atoms with Gasteiger partial charge in [0.05, 0.1) is 35.7 Å². The van der Waals surface area contributed by atoms with Gasteiger partial charge in [0.1, 0.15) is 0 Å². The minimum Gasteiger partial charge on any atom is -0.355 e. The van der Waals surface area contributed by atoms with Crippen molar-refractivity contribution >= 4 is 39.6 Å². The summed E-state index contributed by atoms with van der Waals surface area (Å²) in [7, 11) is 1.57. The van der Waals surface area contributed by atoms with Crippen molar-refractivity contribution < 1.29 is 4.79 Å². The lowest BCUT2D eigenvalue weighted by Crippen LogP contribution is -2.18. The molecule has 0 aliphatic heterocycles. The third kappa shape index (κ3) is 3.73. The minimum absolute atomic E-state index is 0.218. The Hall–Kier alpha value is -4.47. The molecule has 0 atom stereocenters. The van der Waals surface area contributed by atoms with Crippen molar-refractivity contribution in [3.05, 3.63) is 72.3 Å². The van der Waals surface area contributed by atoms with Gasteiger partial charge in [-0.3, -0.25) is 14.8 Å². The van der Waals surface area contributed by atoms with Crippen LogP contribution in [0.1, 0.15) is 15.9 Å². The maximum atomic E-state index is 11.8. The largest absolute Gasteiger partial charge is 0.355 e. The summed E-state index contributed by atoms with van der Waals surface area (Å²) >= 11 is 0. The van der Waals surface area contributed by atoms with Gasteiger partial charge in [0.25, 0.3) is 5.91 Å². The summed E-state index contributed by atoms with van der Waals surface area (Å²) in [5.74, 6) is 0.275. The number of pyridine rings is 2. The molecular formula is C21H17N9O. The number of nitrogens with one attached hydrogen (secondary N) is 2. The molecule has 4 heterocycles. The first kappa shape index (κ1) is 18.6. The van der Waals surface area contributed by atoms with E-state index < -0.39 is 0 Å². The summed E-state index contributed by atoms with van der Waals surface area (Å²) in [5.41, 5.74) is 4.00. The maximum Gasteiger partial charge on any atom is 0.252 e. The maximum absolute atomic E-state index is 11.8. The van der Waals surface area contributed by atoms with E-state index in [4.69, 9.17) is 0 Å². The van der Waals surface area contributed by atoms with Crippen molar-refractivity contribution in [2.24, 2.45) is 0 Å². The highest BCUT2D eigenvalue weighted by molar-refractivity contribution is 5.94. The topological polar surface area (TPSA) is 123 Å². The van der Waals surface area contributed by atoms with Crippen LogP contribution in [0.15, 0.2) is 61.2 Å². The van der Waals surface area contributed by atoms with E-state index in [9.17, 15) is 4.79 Å². The lowest BCUT2D eigenvalue weighted by Gasteiger charge is -2.07. The molecule has 0 fully saturated rings. The second-order valence-electron chi connectivity index (χ2n) is 6.85. The number of anilines is 2. The zero-order chi connectivity index (χ0) is 21.2. The third-order valence-corrected chi connectivity index (χ3v) is 4.73. The number of amides is 1. The van der Waals surface area contributed by atoms with Gasteiger partial charge in [-0.1, -0.05) is 23.4 Å². The number of hydrogen-bond donors (Lipinski definition) is 2. The summed E-state index contributed by atoms with van der Waals surface area (Å²) in [4.78, 5) is 29.3. The highest BCUT2D eigenvalue weighted by Crippen LogP contribution is 2.18. The molecule has 0 aliphatic carbocycles. The van der Waals surface area contributed by atoms with Crippen molar-refractivity contribution in [2.75, 3.05) is 12.4 Å². The monoisotopic (exact) mass is 411 g/mol. The predicted octanol–water partition coefficient (Wildman–Crippen LogP) is 2.32. The lowest BCUT2D eigenvalue weighted by molar-refractivity contribution is 0.0963. The van der Waals surface area contributed by atoms with E-state index >= 15 is 0 Å². The van der Waals surface area contributed by atoms with Crippen LogP contribution in [0.25, 0.3) is 22.2 Å². The molecule has 1 amide bonds. The minimum atomic E-state index is -0.218. The number of fused-ring (bicyclic) bond motifs is 2. The van der Waals surface area contributed by atoms with Gasteiger partial charge in [-0.15, -0.1) is 5.10 Å². The number of carbonyl (C=O) groups is 1. The van der Waals surface area contributed by atoms with Crippen LogP contribution in [0.2, 0.25) is 0 Å². The average Bonchev–Trinajstić information content (AvgIpc) is 3.20. The number of hydrogen-bond acceptors (Lipinski definition) is 8. The quantitative estimate of drug-likeness (QED) is 0.452. The number of carbonyl (C=O) groups excluding carboxylic acids is 1. The van der Waals surface area contributed by atoms with Crippen LogP contribution in [-0.4, -0.2) is 47.9 Å². The smallest absolute Gasteiger partial charge is 0.252 e. The standard InChI is InChI=1S/C21H17N9O/c1-22-21(31)15-8-16(10-23-9-15)26-18-11-25-19-20(27-18)30(29-28-19)12-13-4-5-14-3-2-6-24-17(14)7-13/h2-11H,12H2,1H3,(H,22,31)(H,26,27). The Morgan fingerprint density at radius 1 is 1.10 bits per heavy atom. The van der Waals surface area contributed by atoms with Gasteiger partial charge >= 0.3 is 0 Å². The van der Waals surface area contributed by atoms with Crippen molar-refractivity contribution in [3.8, 4) is 0 Å². The molecular weight excluding hydrogens is 394 g/mol. The summed E-state index contributed by atoms with van der Waals surface area (Å²) < 4.78 is 1.69. The molecule has 31 heavy (non-hydrogen) atoms.